The number of carbonyl (C=O) groups is 1. The molecule has 1 fully saturated rings. The van der Waals surface area contributed by atoms with Gasteiger partial charge in [-0.1, -0.05) is 18.2 Å². The standard InChI is InChI=1S/C25H30N8O/c1-5-31-10-11-32(15-22(31)34)25-29-21-14-27-33(16(2)3)23(21)24(30-25)28-17(4)19-12-18-8-6-7-9-20(18)26-13-19/h6-9,12-14,16-17H,5,10-11,15H2,1-4H3,(H,28,29,30)/t17-/m1/s1. The van der Waals surface area contributed by atoms with Crippen molar-refractivity contribution in [2.45, 2.75) is 39.8 Å². The Morgan fingerprint density at radius 1 is 1.06 bits per heavy atom. The van der Waals surface area contributed by atoms with Gasteiger partial charge in [-0.2, -0.15) is 10.1 Å². The van der Waals surface area contributed by atoms with E-state index < -0.39 is 0 Å². The van der Waals surface area contributed by atoms with E-state index in [0.717, 1.165) is 34.0 Å². The Kier molecular flexibility index (Phi) is 5.77. The number of anilines is 2. The van der Waals surface area contributed by atoms with E-state index in [1.54, 1.807) is 6.20 Å². The fourth-order valence-corrected chi connectivity index (χ4v) is 4.41. The van der Waals surface area contributed by atoms with Crippen molar-refractivity contribution in [3.05, 3.63) is 48.3 Å². The molecule has 176 valence electrons. The number of nitrogens with zero attached hydrogens (tertiary/aromatic N) is 7. The lowest BCUT2D eigenvalue weighted by atomic mass is 10.1. The lowest BCUT2D eigenvalue weighted by Crippen LogP contribution is -2.50. The first-order valence-corrected chi connectivity index (χ1v) is 11.8. The largest absolute Gasteiger partial charge is 0.362 e. The van der Waals surface area contributed by atoms with Gasteiger partial charge in [0.15, 0.2) is 5.82 Å². The van der Waals surface area contributed by atoms with E-state index >= 15 is 0 Å². The number of hydrogen-bond donors (Lipinski definition) is 1. The minimum Gasteiger partial charge on any atom is -0.362 e. The molecule has 1 aliphatic rings. The van der Waals surface area contributed by atoms with Gasteiger partial charge in [-0.3, -0.25) is 14.5 Å². The van der Waals surface area contributed by atoms with Crippen LogP contribution in [0.15, 0.2) is 42.7 Å². The summed E-state index contributed by atoms with van der Waals surface area (Å²) in [7, 11) is 0. The van der Waals surface area contributed by atoms with Crippen molar-refractivity contribution >= 4 is 39.6 Å². The number of likely N-dealkylation sites (N-methyl/N-ethyl adjacent to an activating group) is 1. The van der Waals surface area contributed by atoms with Crippen molar-refractivity contribution < 1.29 is 4.79 Å². The molecule has 0 spiro atoms. The van der Waals surface area contributed by atoms with E-state index in [2.05, 4.69) is 48.3 Å². The van der Waals surface area contributed by atoms with E-state index in [1.165, 1.54) is 0 Å². The second-order valence-corrected chi connectivity index (χ2v) is 9.01. The number of hydrogen-bond acceptors (Lipinski definition) is 7. The van der Waals surface area contributed by atoms with Crippen molar-refractivity contribution in [2.75, 3.05) is 36.4 Å². The Morgan fingerprint density at radius 3 is 2.65 bits per heavy atom. The number of benzene rings is 1. The van der Waals surface area contributed by atoms with Crippen molar-refractivity contribution in [3.8, 4) is 0 Å². The number of fused-ring (bicyclic) bond motifs is 2. The zero-order valence-electron chi connectivity index (χ0n) is 20.1. The molecule has 0 saturated carbocycles. The van der Waals surface area contributed by atoms with Gasteiger partial charge in [0, 0.05) is 37.3 Å². The van der Waals surface area contributed by atoms with Gasteiger partial charge in [0.05, 0.1) is 24.3 Å². The molecular formula is C25H30N8O. The smallest absolute Gasteiger partial charge is 0.242 e. The maximum Gasteiger partial charge on any atom is 0.242 e. The molecular weight excluding hydrogens is 428 g/mol. The maximum atomic E-state index is 12.5. The Hall–Kier alpha value is -3.75. The number of rotatable bonds is 6. The fourth-order valence-electron chi connectivity index (χ4n) is 4.41. The molecule has 1 amide bonds. The van der Waals surface area contributed by atoms with E-state index in [1.807, 2.05) is 45.8 Å². The SMILES string of the molecule is CCN1CCN(c2nc(N[C@H](C)c3cnc4ccccc4c3)c3c(cnn3C(C)C)n2)CC1=O. The van der Waals surface area contributed by atoms with Gasteiger partial charge in [-0.15, -0.1) is 0 Å². The van der Waals surface area contributed by atoms with Gasteiger partial charge in [0.1, 0.15) is 11.0 Å². The van der Waals surface area contributed by atoms with Crippen molar-refractivity contribution in [1.82, 2.24) is 29.6 Å². The fraction of sp³-hybridized carbons (Fsp3) is 0.400. The number of carbonyl (C=O) groups excluding carboxylic acids is 1. The first-order chi connectivity index (χ1) is 16.4. The third-order valence-corrected chi connectivity index (χ3v) is 6.37. The molecule has 4 aromatic rings. The van der Waals surface area contributed by atoms with Gasteiger partial charge < -0.3 is 15.1 Å². The van der Waals surface area contributed by atoms with Crippen LogP contribution in [0.25, 0.3) is 21.9 Å². The van der Waals surface area contributed by atoms with Gasteiger partial charge in [-0.05, 0) is 45.4 Å². The number of piperazine rings is 1. The van der Waals surface area contributed by atoms with Crippen molar-refractivity contribution in [2.24, 2.45) is 0 Å². The Morgan fingerprint density at radius 2 is 1.88 bits per heavy atom. The molecule has 9 heteroatoms. The molecule has 0 bridgehead atoms. The van der Waals surface area contributed by atoms with Crippen LogP contribution in [0.4, 0.5) is 11.8 Å². The predicted octanol–water partition coefficient (Wildman–Crippen LogP) is 3.80. The van der Waals surface area contributed by atoms with E-state index in [4.69, 9.17) is 9.97 Å². The maximum absolute atomic E-state index is 12.5. The molecule has 0 unspecified atom stereocenters. The van der Waals surface area contributed by atoms with Gasteiger partial charge >= 0.3 is 0 Å². The lowest BCUT2D eigenvalue weighted by molar-refractivity contribution is -0.130. The zero-order valence-corrected chi connectivity index (χ0v) is 20.1. The molecule has 3 aromatic heterocycles. The summed E-state index contributed by atoms with van der Waals surface area (Å²) in [5.41, 5.74) is 3.65. The Labute approximate surface area is 198 Å². The molecule has 1 saturated heterocycles. The third kappa shape index (κ3) is 4.02. The molecule has 1 aromatic carbocycles. The Bertz CT molecular complexity index is 1350. The summed E-state index contributed by atoms with van der Waals surface area (Å²) >= 11 is 0. The van der Waals surface area contributed by atoms with Crippen LogP contribution in [0.3, 0.4) is 0 Å². The summed E-state index contributed by atoms with van der Waals surface area (Å²) in [6, 6.07) is 10.4. The topological polar surface area (TPSA) is 92.1 Å². The molecule has 34 heavy (non-hydrogen) atoms. The summed E-state index contributed by atoms with van der Waals surface area (Å²) in [5.74, 6) is 1.35. The molecule has 0 radical (unpaired) electrons. The number of aromatic nitrogens is 5. The molecule has 5 rings (SSSR count). The summed E-state index contributed by atoms with van der Waals surface area (Å²) in [4.78, 5) is 30.6. The summed E-state index contributed by atoms with van der Waals surface area (Å²) in [6.07, 6.45) is 3.68. The quantitative estimate of drug-likeness (QED) is 0.470. The van der Waals surface area contributed by atoms with Crippen LogP contribution >= 0.6 is 0 Å². The highest BCUT2D eigenvalue weighted by Crippen LogP contribution is 2.29. The Balaban J connectivity index is 1.52. The molecule has 0 aliphatic carbocycles. The number of para-hydroxylation sites is 1. The second kappa shape index (κ2) is 8.89. The van der Waals surface area contributed by atoms with Crippen LogP contribution in [0.2, 0.25) is 0 Å². The first-order valence-electron chi connectivity index (χ1n) is 11.8. The van der Waals surface area contributed by atoms with E-state index in [0.29, 0.717) is 24.9 Å². The predicted molar refractivity (Wildman–Crippen MR) is 134 cm³/mol. The van der Waals surface area contributed by atoms with E-state index in [9.17, 15) is 4.79 Å². The molecule has 9 nitrogen and oxygen atoms in total. The summed E-state index contributed by atoms with van der Waals surface area (Å²) < 4.78 is 1.94. The average molecular weight is 459 g/mol. The summed E-state index contributed by atoms with van der Waals surface area (Å²) in [5, 5.41) is 9.25. The highest BCUT2D eigenvalue weighted by molar-refractivity contribution is 5.88. The molecule has 4 heterocycles. The minimum atomic E-state index is -0.0443. The normalized spacial score (nSPS) is 15.5. The van der Waals surface area contributed by atoms with Crippen LogP contribution in [-0.2, 0) is 4.79 Å². The minimum absolute atomic E-state index is 0.0443. The number of nitrogens with one attached hydrogen (secondary N) is 1. The first kappa shape index (κ1) is 22.1. The lowest BCUT2D eigenvalue weighted by Gasteiger charge is -2.33. The van der Waals surface area contributed by atoms with Crippen LogP contribution in [-0.4, -0.2) is 61.7 Å². The van der Waals surface area contributed by atoms with Gasteiger partial charge in [0.25, 0.3) is 0 Å². The van der Waals surface area contributed by atoms with Crippen LogP contribution < -0.4 is 10.2 Å². The van der Waals surface area contributed by atoms with Crippen LogP contribution in [0.5, 0.6) is 0 Å². The summed E-state index contributed by atoms with van der Waals surface area (Å²) in [6.45, 7) is 10.6. The van der Waals surface area contributed by atoms with Crippen LogP contribution in [0, 0.1) is 0 Å². The molecule has 1 atom stereocenters. The highest BCUT2D eigenvalue weighted by Gasteiger charge is 2.26. The monoisotopic (exact) mass is 458 g/mol. The third-order valence-electron chi connectivity index (χ3n) is 6.37. The highest BCUT2D eigenvalue weighted by atomic mass is 16.2. The van der Waals surface area contributed by atoms with Crippen molar-refractivity contribution in [1.29, 1.82) is 0 Å². The van der Waals surface area contributed by atoms with Crippen molar-refractivity contribution in [3.63, 3.8) is 0 Å². The second-order valence-electron chi connectivity index (χ2n) is 9.01. The van der Waals surface area contributed by atoms with Gasteiger partial charge in [0.2, 0.25) is 11.9 Å². The average Bonchev–Trinajstić information content (AvgIpc) is 3.28. The number of pyridine rings is 1. The van der Waals surface area contributed by atoms with Gasteiger partial charge in [-0.25, -0.2) is 4.98 Å². The molecule has 1 aliphatic heterocycles. The molecule has 1 N–H and O–H groups in total. The zero-order chi connectivity index (χ0) is 23.8. The van der Waals surface area contributed by atoms with Crippen LogP contribution in [0.1, 0.15) is 45.3 Å². The number of amides is 1. The van der Waals surface area contributed by atoms with E-state index in [-0.39, 0.29) is 24.5 Å².